The van der Waals surface area contributed by atoms with Crippen molar-refractivity contribution in [3.8, 4) is 0 Å². The normalized spacial score (nSPS) is 14.9. The molecule has 3 nitrogen and oxygen atoms in total. The predicted molar refractivity (Wildman–Crippen MR) is 112 cm³/mol. The molecular weight excluding hydrogens is 389 g/mol. The third-order valence-corrected chi connectivity index (χ3v) is 5.93. The summed E-state index contributed by atoms with van der Waals surface area (Å²) in [6.07, 6.45) is 4.85. The highest BCUT2D eigenvalue weighted by molar-refractivity contribution is 5.79. The van der Waals surface area contributed by atoms with Crippen molar-refractivity contribution >= 4 is 5.91 Å². The summed E-state index contributed by atoms with van der Waals surface area (Å²) >= 11 is 0. The summed E-state index contributed by atoms with van der Waals surface area (Å²) in [7, 11) is 0. The maximum absolute atomic E-state index is 13.1. The second-order valence-electron chi connectivity index (χ2n) is 8.27. The average molecular weight is 421 g/mol. The molecule has 0 bridgehead atoms. The van der Waals surface area contributed by atoms with E-state index in [4.69, 9.17) is 0 Å². The van der Waals surface area contributed by atoms with Crippen LogP contribution in [0.4, 0.5) is 13.2 Å². The number of hydrogen-bond acceptors (Lipinski definition) is 1. The Morgan fingerprint density at radius 3 is 2.60 bits per heavy atom. The maximum atomic E-state index is 13.1. The zero-order valence-electron chi connectivity index (χ0n) is 17.6. The Hall–Kier alpha value is -2.24. The van der Waals surface area contributed by atoms with Crippen molar-refractivity contribution in [2.45, 2.75) is 71.1 Å². The van der Waals surface area contributed by atoms with E-state index in [0.29, 0.717) is 18.7 Å². The van der Waals surface area contributed by atoms with E-state index in [-0.39, 0.29) is 11.8 Å². The summed E-state index contributed by atoms with van der Waals surface area (Å²) in [6.45, 7) is 3.74. The molecule has 0 N–H and O–H groups in total. The molecule has 2 aromatic rings. The summed E-state index contributed by atoms with van der Waals surface area (Å²) in [4.78, 5) is 15.0. The Labute approximate surface area is 176 Å². The number of alkyl halides is 3. The van der Waals surface area contributed by atoms with E-state index >= 15 is 0 Å². The highest BCUT2D eigenvalue weighted by Crippen LogP contribution is 2.30. The first-order valence-electron chi connectivity index (χ1n) is 11.0. The molecule has 1 aliphatic carbocycles. The number of rotatable bonds is 9. The fourth-order valence-electron chi connectivity index (χ4n) is 4.24. The van der Waals surface area contributed by atoms with Crippen LogP contribution in [0.1, 0.15) is 68.7 Å². The Balaban J connectivity index is 1.73. The monoisotopic (exact) mass is 420 g/mol. The van der Waals surface area contributed by atoms with E-state index in [2.05, 4.69) is 6.92 Å². The Kier molecular flexibility index (Phi) is 7.62. The number of halogens is 3. The quantitative estimate of drug-likeness (QED) is 0.439. The molecule has 0 unspecified atom stereocenters. The highest BCUT2D eigenvalue weighted by atomic mass is 19.4. The topological polar surface area (TPSA) is 25.2 Å². The van der Waals surface area contributed by atoms with E-state index < -0.39 is 11.7 Å². The Morgan fingerprint density at radius 2 is 1.90 bits per heavy atom. The number of carbonyl (C=O) groups is 1. The van der Waals surface area contributed by atoms with Crippen molar-refractivity contribution in [2.24, 2.45) is 5.92 Å². The molecule has 1 aromatic heterocycles. The van der Waals surface area contributed by atoms with Crippen molar-refractivity contribution < 1.29 is 18.0 Å². The minimum absolute atomic E-state index is 0.124. The molecule has 0 saturated heterocycles. The molecule has 0 spiro atoms. The SMILES string of the molecule is CCCCCN(Cc1cccn1Cc1cccc(C(F)(F)F)c1)C(=O)C1CCCC1. The maximum Gasteiger partial charge on any atom is 0.416 e. The van der Waals surface area contributed by atoms with Crippen molar-refractivity contribution in [3.63, 3.8) is 0 Å². The fraction of sp³-hybridized carbons (Fsp3) is 0.542. The average Bonchev–Trinajstić information content (AvgIpc) is 3.39. The largest absolute Gasteiger partial charge is 0.416 e. The standard InChI is InChI=1S/C24H31F3N2O/c1-2-3-6-14-29(23(30)20-10-4-5-11-20)18-22-13-8-15-28(22)17-19-9-7-12-21(16-19)24(25,26)27/h7-9,12-13,15-16,20H,2-6,10-11,14,17-18H2,1H3. The Bertz CT molecular complexity index is 822. The number of hydrogen-bond donors (Lipinski definition) is 0. The van der Waals surface area contributed by atoms with Gasteiger partial charge in [0.25, 0.3) is 0 Å². The zero-order chi connectivity index (χ0) is 21.6. The smallest absolute Gasteiger partial charge is 0.345 e. The Morgan fingerprint density at radius 1 is 1.13 bits per heavy atom. The molecule has 0 atom stereocenters. The summed E-state index contributed by atoms with van der Waals surface area (Å²) in [6, 6.07) is 9.31. The van der Waals surface area contributed by atoms with Crippen molar-refractivity contribution in [3.05, 3.63) is 59.4 Å². The molecule has 1 aromatic carbocycles. The molecule has 1 heterocycles. The van der Waals surface area contributed by atoms with E-state index in [1.807, 2.05) is 27.8 Å². The lowest BCUT2D eigenvalue weighted by atomic mass is 10.1. The first-order valence-corrected chi connectivity index (χ1v) is 11.0. The molecule has 1 fully saturated rings. The summed E-state index contributed by atoms with van der Waals surface area (Å²) in [5, 5.41) is 0. The number of amides is 1. The van der Waals surface area contributed by atoms with Gasteiger partial charge in [-0.2, -0.15) is 13.2 Å². The predicted octanol–water partition coefficient (Wildman–Crippen LogP) is 6.26. The number of carbonyl (C=O) groups excluding carboxylic acids is 1. The molecule has 1 aliphatic rings. The zero-order valence-corrected chi connectivity index (χ0v) is 17.6. The molecular formula is C24H31F3N2O. The van der Waals surface area contributed by atoms with Crippen LogP contribution >= 0.6 is 0 Å². The number of unbranched alkanes of at least 4 members (excludes halogenated alkanes) is 2. The molecule has 3 rings (SSSR count). The van der Waals surface area contributed by atoms with E-state index in [1.54, 1.807) is 6.07 Å². The van der Waals surface area contributed by atoms with Gasteiger partial charge in [-0.1, -0.05) is 44.7 Å². The lowest BCUT2D eigenvalue weighted by Gasteiger charge is -2.26. The van der Waals surface area contributed by atoms with Gasteiger partial charge in [0, 0.05) is 30.9 Å². The van der Waals surface area contributed by atoms with Crippen LogP contribution < -0.4 is 0 Å². The van der Waals surface area contributed by atoms with Gasteiger partial charge in [0.2, 0.25) is 5.91 Å². The summed E-state index contributed by atoms with van der Waals surface area (Å²) in [5.41, 5.74) is 0.920. The van der Waals surface area contributed by atoms with Crippen molar-refractivity contribution in [1.29, 1.82) is 0 Å². The van der Waals surface area contributed by atoms with Crippen LogP contribution in [0.15, 0.2) is 42.6 Å². The van der Waals surface area contributed by atoms with Crippen LogP contribution in [-0.4, -0.2) is 21.9 Å². The van der Waals surface area contributed by atoms with Gasteiger partial charge in [-0.15, -0.1) is 0 Å². The summed E-state index contributed by atoms with van der Waals surface area (Å²) < 4.78 is 41.0. The third-order valence-electron chi connectivity index (χ3n) is 5.93. The van der Waals surface area contributed by atoms with Gasteiger partial charge in [-0.3, -0.25) is 4.79 Å². The van der Waals surface area contributed by atoms with Gasteiger partial charge in [-0.25, -0.2) is 0 Å². The van der Waals surface area contributed by atoms with Gasteiger partial charge < -0.3 is 9.47 Å². The summed E-state index contributed by atoms with van der Waals surface area (Å²) in [5.74, 6) is 0.355. The molecule has 0 aliphatic heterocycles. The highest BCUT2D eigenvalue weighted by Gasteiger charge is 2.30. The van der Waals surface area contributed by atoms with Gasteiger partial charge >= 0.3 is 6.18 Å². The molecule has 30 heavy (non-hydrogen) atoms. The fourth-order valence-corrected chi connectivity index (χ4v) is 4.24. The van der Waals surface area contributed by atoms with Crippen LogP contribution in [0.2, 0.25) is 0 Å². The second kappa shape index (κ2) is 10.2. The van der Waals surface area contributed by atoms with Crippen molar-refractivity contribution in [1.82, 2.24) is 9.47 Å². The second-order valence-corrected chi connectivity index (χ2v) is 8.27. The van der Waals surface area contributed by atoms with Crippen LogP contribution in [0.25, 0.3) is 0 Å². The molecule has 164 valence electrons. The van der Waals surface area contributed by atoms with E-state index in [9.17, 15) is 18.0 Å². The van der Waals surface area contributed by atoms with Crippen molar-refractivity contribution in [2.75, 3.05) is 6.54 Å². The first kappa shape index (κ1) is 22.4. The third kappa shape index (κ3) is 5.89. The molecule has 0 radical (unpaired) electrons. The minimum atomic E-state index is -4.35. The number of nitrogens with zero attached hydrogens (tertiary/aromatic N) is 2. The van der Waals surface area contributed by atoms with E-state index in [1.165, 1.54) is 12.1 Å². The van der Waals surface area contributed by atoms with E-state index in [0.717, 1.165) is 63.3 Å². The van der Waals surface area contributed by atoms with Crippen LogP contribution in [0.3, 0.4) is 0 Å². The van der Waals surface area contributed by atoms with Gasteiger partial charge in [0.15, 0.2) is 0 Å². The molecule has 1 saturated carbocycles. The lowest BCUT2D eigenvalue weighted by Crippen LogP contribution is -2.36. The van der Waals surface area contributed by atoms with Gasteiger partial charge in [0.1, 0.15) is 0 Å². The van der Waals surface area contributed by atoms with Gasteiger partial charge in [0.05, 0.1) is 12.1 Å². The lowest BCUT2D eigenvalue weighted by molar-refractivity contribution is -0.138. The number of aromatic nitrogens is 1. The van der Waals surface area contributed by atoms with Crippen LogP contribution in [0.5, 0.6) is 0 Å². The van der Waals surface area contributed by atoms with Gasteiger partial charge in [-0.05, 0) is 49.1 Å². The first-order chi connectivity index (χ1) is 14.4. The van der Waals surface area contributed by atoms with Crippen LogP contribution in [0, 0.1) is 5.92 Å². The molecule has 1 amide bonds. The molecule has 6 heteroatoms. The number of benzene rings is 1. The minimum Gasteiger partial charge on any atom is -0.345 e. The van der Waals surface area contributed by atoms with Crippen LogP contribution in [-0.2, 0) is 24.1 Å².